The molecule has 2 aromatic rings. The number of alkyl halides is 3. The zero-order chi connectivity index (χ0) is 18.6. The molecule has 0 spiro atoms. The minimum atomic E-state index is -4.42. The van der Waals surface area contributed by atoms with Crippen molar-refractivity contribution in [1.29, 1.82) is 0 Å². The Morgan fingerprint density at radius 3 is 2.24 bits per heavy atom. The Balaban J connectivity index is 2.24. The fourth-order valence-corrected chi connectivity index (χ4v) is 2.20. The Labute approximate surface area is 147 Å². The van der Waals surface area contributed by atoms with E-state index in [0.29, 0.717) is 16.1 Å². The summed E-state index contributed by atoms with van der Waals surface area (Å²) in [5.74, 6) is -0.756. The minimum Gasteiger partial charge on any atom is -0.364 e. The lowest BCUT2D eigenvalue weighted by molar-refractivity contribution is -0.137. The Morgan fingerprint density at radius 1 is 1.12 bits per heavy atom. The lowest BCUT2D eigenvalue weighted by Gasteiger charge is -2.13. The van der Waals surface area contributed by atoms with E-state index < -0.39 is 17.6 Å². The number of carbonyl (C=O) groups is 1. The van der Waals surface area contributed by atoms with Crippen molar-refractivity contribution < 1.29 is 18.0 Å². The minimum absolute atomic E-state index is 0.0120. The average molecular weight is 367 g/mol. The highest BCUT2D eigenvalue weighted by atomic mass is 35.5. The van der Waals surface area contributed by atoms with Gasteiger partial charge in [-0.15, -0.1) is 0 Å². The normalized spacial score (nSPS) is 11.9. The van der Waals surface area contributed by atoms with Gasteiger partial charge >= 0.3 is 6.18 Å². The van der Waals surface area contributed by atoms with E-state index >= 15 is 0 Å². The monoisotopic (exact) mass is 366 g/mol. The predicted octanol–water partition coefficient (Wildman–Crippen LogP) is 4.45. The molecule has 0 bridgehead atoms. The summed E-state index contributed by atoms with van der Waals surface area (Å²) >= 11 is 6.03. The van der Waals surface area contributed by atoms with Gasteiger partial charge in [0.15, 0.2) is 0 Å². The lowest BCUT2D eigenvalue weighted by Crippen LogP contribution is -2.25. The van der Waals surface area contributed by atoms with Crippen molar-refractivity contribution in [3.8, 4) is 0 Å². The molecule has 0 heterocycles. The van der Waals surface area contributed by atoms with Crippen LogP contribution >= 0.6 is 11.6 Å². The SMILES string of the molecule is C=C(N/C(=C/c1ccccc1Cl)C(N)=O)c1ccc(C(F)(F)F)cc1. The highest BCUT2D eigenvalue weighted by molar-refractivity contribution is 6.32. The molecular weight excluding hydrogens is 353 g/mol. The first-order valence-electron chi connectivity index (χ1n) is 7.08. The quantitative estimate of drug-likeness (QED) is 0.768. The number of halogens is 4. The Morgan fingerprint density at radius 2 is 1.72 bits per heavy atom. The molecule has 0 fully saturated rings. The van der Waals surface area contributed by atoms with Gasteiger partial charge in [-0.25, -0.2) is 0 Å². The molecule has 7 heteroatoms. The van der Waals surface area contributed by atoms with Crippen LogP contribution in [0.1, 0.15) is 16.7 Å². The van der Waals surface area contributed by atoms with Crippen LogP contribution in [0.25, 0.3) is 11.8 Å². The van der Waals surface area contributed by atoms with Crippen LogP contribution in [0, 0.1) is 0 Å². The third-order valence-electron chi connectivity index (χ3n) is 3.32. The maximum atomic E-state index is 12.6. The summed E-state index contributed by atoms with van der Waals surface area (Å²) in [4.78, 5) is 11.6. The number of hydrogen-bond acceptors (Lipinski definition) is 2. The molecule has 0 aromatic heterocycles. The van der Waals surface area contributed by atoms with Crippen molar-refractivity contribution in [3.63, 3.8) is 0 Å². The molecule has 0 unspecified atom stereocenters. The van der Waals surface area contributed by atoms with Gasteiger partial charge < -0.3 is 11.1 Å². The van der Waals surface area contributed by atoms with Gasteiger partial charge in [-0.05, 0) is 35.4 Å². The van der Waals surface area contributed by atoms with E-state index in [1.54, 1.807) is 24.3 Å². The van der Waals surface area contributed by atoms with E-state index in [1.807, 2.05) is 0 Å². The summed E-state index contributed by atoms with van der Waals surface area (Å²) in [6.07, 6.45) is -2.98. The van der Waals surface area contributed by atoms with Crippen LogP contribution in [0.5, 0.6) is 0 Å². The smallest absolute Gasteiger partial charge is 0.364 e. The summed E-state index contributed by atoms with van der Waals surface area (Å²) in [6.45, 7) is 3.73. The van der Waals surface area contributed by atoms with Gasteiger partial charge in [0, 0.05) is 10.7 Å². The summed E-state index contributed by atoms with van der Waals surface area (Å²) in [7, 11) is 0. The number of carbonyl (C=O) groups excluding carboxylic acids is 1. The van der Waals surface area contributed by atoms with Gasteiger partial charge in [-0.2, -0.15) is 13.2 Å². The van der Waals surface area contributed by atoms with Crippen molar-refractivity contribution in [2.75, 3.05) is 0 Å². The maximum Gasteiger partial charge on any atom is 0.416 e. The third kappa shape index (κ3) is 4.87. The molecule has 3 N–H and O–H groups in total. The standard InChI is InChI=1S/C18H14ClF3N2O/c1-11(12-6-8-14(9-7-12)18(20,21)22)24-16(17(23)25)10-13-4-2-3-5-15(13)19/h2-10,24H,1H2,(H2,23,25)/b16-10+. The van der Waals surface area contributed by atoms with Crippen LogP contribution in [0.3, 0.4) is 0 Å². The topological polar surface area (TPSA) is 55.1 Å². The van der Waals surface area contributed by atoms with Gasteiger partial charge in [-0.1, -0.05) is 48.5 Å². The molecule has 0 radical (unpaired) electrons. The molecule has 2 rings (SSSR count). The molecule has 130 valence electrons. The fraction of sp³-hybridized carbons (Fsp3) is 0.0556. The second-order valence-corrected chi connectivity index (χ2v) is 5.53. The molecule has 0 saturated carbocycles. The molecule has 0 atom stereocenters. The number of amides is 1. The van der Waals surface area contributed by atoms with Crippen molar-refractivity contribution in [2.24, 2.45) is 5.73 Å². The van der Waals surface area contributed by atoms with E-state index in [1.165, 1.54) is 18.2 Å². The summed E-state index contributed by atoms with van der Waals surface area (Å²) in [6, 6.07) is 11.2. The van der Waals surface area contributed by atoms with Crippen molar-refractivity contribution >= 4 is 29.3 Å². The summed E-state index contributed by atoms with van der Waals surface area (Å²) in [5, 5.41) is 3.14. The number of nitrogens with one attached hydrogen (secondary N) is 1. The van der Waals surface area contributed by atoms with Gasteiger partial charge in [0.05, 0.1) is 5.56 Å². The summed E-state index contributed by atoms with van der Waals surface area (Å²) in [5.41, 5.74) is 5.76. The van der Waals surface area contributed by atoms with Crippen molar-refractivity contribution in [1.82, 2.24) is 5.32 Å². The molecule has 2 aromatic carbocycles. The van der Waals surface area contributed by atoms with E-state index in [9.17, 15) is 18.0 Å². The highest BCUT2D eigenvalue weighted by Gasteiger charge is 2.30. The van der Waals surface area contributed by atoms with Crippen LogP contribution in [0.4, 0.5) is 13.2 Å². The Bertz CT molecular complexity index is 827. The molecule has 0 aliphatic carbocycles. The number of hydrogen-bond donors (Lipinski definition) is 2. The molecule has 0 aliphatic rings. The number of rotatable bonds is 5. The highest BCUT2D eigenvalue weighted by Crippen LogP contribution is 2.29. The average Bonchev–Trinajstić information content (AvgIpc) is 2.55. The van der Waals surface area contributed by atoms with E-state index in [-0.39, 0.29) is 11.4 Å². The van der Waals surface area contributed by atoms with E-state index in [2.05, 4.69) is 11.9 Å². The first kappa shape index (κ1) is 18.6. The van der Waals surface area contributed by atoms with Gasteiger partial charge in [-0.3, -0.25) is 4.79 Å². The molecular formula is C18H14ClF3N2O. The van der Waals surface area contributed by atoms with Crippen LogP contribution in [-0.2, 0) is 11.0 Å². The zero-order valence-electron chi connectivity index (χ0n) is 12.9. The Kier molecular flexibility index (Phi) is 5.54. The van der Waals surface area contributed by atoms with Crippen molar-refractivity contribution in [3.05, 3.63) is 82.5 Å². The van der Waals surface area contributed by atoms with Crippen molar-refractivity contribution in [2.45, 2.75) is 6.18 Å². The second-order valence-electron chi connectivity index (χ2n) is 5.12. The fourth-order valence-electron chi connectivity index (χ4n) is 2.01. The molecule has 0 aliphatic heterocycles. The number of primary amides is 1. The lowest BCUT2D eigenvalue weighted by atomic mass is 10.1. The molecule has 0 saturated heterocycles. The second kappa shape index (κ2) is 7.44. The first-order chi connectivity index (χ1) is 11.7. The molecule has 1 amide bonds. The molecule has 3 nitrogen and oxygen atoms in total. The number of benzene rings is 2. The summed E-state index contributed by atoms with van der Waals surface area (Å²) < 4.78 is 37.8. The largest absolute Gasteiger partial charge is 0.416 e. The van der Waals surface area contributed by atoms with Crippen LogP contribution in [0.15, 0.2) is 60.8 Å². The van der Waals surface area contributed by atoms with E-state index in [4.69, 9.17) is 17.3 Å². The Hall–Kier alpha value is -2.73. The van der Waals surface area contributed by atoms with Gasteiger partial charge in [0.25, 0.3) is 5.91 Å². The van der Waals surface area contributed by atoms with Crippen LogP contribution in [-0.4, -0.2) is 5.91 Å². The van der Waals surface area contributed by atoms with Crippen LogP contribution < -0.4 is 11.1 Å². The van der Waals surface area contributed by atoms with Crippen LogP contribution in [0.2, 0.25) is 5.02 Å². The van der Waals surface area contributed by atoms with Gasteiger partial charge in [0.2, 0.25) is 0 Å². The van der Waals surface area contributed by atoms with E-state index in [0.717, 1.165) is 12.1 Å². The third-order valence-corrected chi connectivity index (χ3v) is 3.66. The molecule has 25 heavy (non-hydrogen) atoms. The number of nitrogens with two attached hydrogens (primary N) is 1. The maximum absolute atomic E-state index is 12.6. The predicted molar refractivity (Wildman–Crippen MR) is 92.2 cm³/mol. The zero-order valence-corrected chi connectivity index (χ0v) is 13.7. The van der Waals surface area contributed by atoms with Gasteiger partial charge in [0.1, 0.15) is 5.70 Å². The first-order valence-corrected chi connectivity index (χ1v) is 7.46.